The van der Waals surface area contributed by atoms with Gasteiger partial charge in [-0.2, -0.15) is 0 Å². The maximum Gasteiger partial charge on any atom is 0.123 e. The maximum atomic E-state index is 5.41. The molecule has 2 nitrogen and oxygen atoms in total. The van der Waals surface area contributed by atoms with Gasteiger partial charge in [-0.1, -0.05) is 44.4 Å². The first kappa shape index (κ1) is 16.0. The molecule has 0 aliphatic carbocycles. The molecule has 1 N–H and O–H groups in total. The van der Waals surface area contributed by atoms with Crippen molar-refractivity contribution < 1.29 is 4.74 Å². The summed E-state index contributed by atoms with van der Waals surface area (Å²) in [5.41, 5.74) is 2.53. The number of ether oxygens (including phenoxy) is 1. The highest BCUT2D eigenvalue weighted by atomic mass is 16.5. The molecule has 0 saturated heterocycles. The minimum absolute atomic E-state index is 0.559. The van der Waals surface area contributed by atoms with Crippen LogP contribution in [0, 0.1) is 12.8 Å². The molecule has 0 bridgehead atoms. The molecular weight excluding hydrogens is 234 g/mol. The van der Waals surface area contributed by atoms with Gasteiger partial charge in [-0.15, -0.1) is 0 Å². The summed E-state index contributed by atoms with van der Waals surface area (Å²) in [5, 5.41) is 3.59. The van der Waals surface area contributed by atoms with Gasteiger partial charge in [0.2, 0.25) is 0 Å². The minimum atomic E-state index is 0.559. The second kappa shape index (κ2) is 8.21. The fourth-order valence-electron chi connectivity index (χ4n) is 2.26. The Balaban J connectivity index is 2.41. The van der Waals surface area contributed by atoms with E-state index in [4.69, 9.17) is 4.74 Å². The van der Waals surface area contributed by atoms with E-state index in [1.54, 1.807) is 7.11 Å². The van der Waals surface area contributed by atoms with Gasteiger partial charge in [-0.3, -0.25) is 0 Å². The summed E-state index contributed by atoms with van der Waals surface area (Å²) in [6.07, 6.45) is 3.86. The lowest BCUT2D eigenvalue weighted by molar-refractivity contribution is 0.402. The summed E-state index contributed by atoms with van der Waals surface area (Å²) in [6.45, 7) is 9.84. The minimum Gasteiger partial charge on any atom is -0.496 e. The molecule has 0 fully saturated rings. The molecule has 1 aromatic carbocycles. The van der Waals surface area contributed by atoms with Gasteiger partial charge in [0.15, 0.2) is 0 Å². The van der Waals surface area contributed by atoms with E-state index in [-0.39, 0.29) is 0 Å². The number of rotatable bonds is 8. The van der Waals surface area contributed by atoms with Crippen LogP contribution in [-0.4, -0.2) is 13.2 Å². The molecular formula is C17H29NO. The second-order valence-corrected chi connectivity index (χ2v) is 5.92. The molecule has 0 spiro atoms. The van der Waals surface area contributed by atoms with Crippen molar-refractivity contribution in [1.29, 1.82) is 0 Å². The molecule has 108 valence electrons. The standard InChI is InChI=1S/C17H29NO/c1-13(2)7-6-8-15(4)18-12-16-11-14(3)9-10-17(16)19-5/h9-11,13,15,18H,6-8,12H2,1-5H3. The fraction of sp³-hybridized carbons (Fsp3) is 0.647. The van der Waals surface area contributed by atoms with E-state index in [9.17, 15) is 0 Å². The van der Waals surface area contributed by atoms with Crippen molar-refractivity contribution >= 4 is 0 Å². The average molecular weight is 263 g/mol. The van der Waals surface area contributed by atoms with Crippen LogP contribution in [0.3, 0.4) is 0 Å². The van der Waals surface area contributed by atoms with E-state index in [1.165, 1.54) is 30.4 Å². The molecule has 0 amide bonds. The highest BCUT2D eigenvalue weighted by molar-refractivity contribution is 5.36. The Morgan fingerprint density at radius 3 is 2.53 bits per heavy atom. The molecule has 1 rings (SSSR count). The Kier molecular flexibility index (Phi) is 6.93. The molecule has 0 aromatic heterocycles. The quantitative estimate of drug-likeness (QED) is 0.754. The van der Waals surface area contributed by atoms with E-state index in [0.717, 1.165) is 18.2 Å². The van der Waals surface area contributed by atoms with Crippen molar-refractivity contribution in [3.05, 3.63) is 29.3 Å². The second-order valence-electron chi connectivity index (χ2n) is 5.92. The Morgan fingerprint density at radius 2 is 1.89 bits per heavy atom. The van der Waals surface area contributed by atoms with Crippen molar-refractivity contribution in [3.63, 3.8) is 0 Å². The first-order chi connectivity index (χ1) is 9.02. The molecule has 1 aromatic rings. The van der Waals surface area contributed by atoms with Gasteiger partial charge in [0.05, 0.1) is 7.11 Å². The maximum absolute atomic E-state index is 5.41. The number of methoxy groups -OCH3 is 1. The lowest BCUT2D eigenvalue weighted by atomic mass is 10.0. The highest BCUT2D eigenvalue weighted by Gasteiger charge is 2.06. The van der Waals surface area contributed by atoms with Crippen LogP contribution in [0.25, 0.3) is 0 Å². The van der Waals surface area contributed by atoms with E-state index in [1.807, 2.05) is 0 Å². The first-order valence-electron chi connectivity index (χ1n) is 7.39. The van der Waals surface area contributed by atoms with Crippen LogP contribution < -0.4 is 10.1 Å². The van der Waals surface area contributed by atoms with E-state index in [2.05, 4.69) is 51.2 Å². The largest absolute Gasteiger partial charge is 0.496 e. The smallest absolute Gasteiger partial charge is 0.123 e. The van der Waals surface area contributed by atoms with Crippen LogP contribution in [0.2, 0.25) is 0 Å². The van der Waals surface area contributed by atoms with Gasteiger partial charge in [-0.05, 0) is 32.3 Å². The van der Waals surface area contributed by atoms with Gasteiger partial charge in [0.25, 0.3) is 0 Å². The van der Waals surface area contributed by atoms with Crippen LogP contribution in [0.4, 0.5) is 0 Å². The molecule has 1 atom stereocenters. The predicted octanol–water partition coefficient (Wildman–Crippen LogP) is 4.31. The van der Waals surface area contributed by atoms with Crippen LogP contribution in [0.5, 0.6) is 5.75 Å². The molecule has 2 heteroatoms. The number of aryl methyl sites for hydroxylation is 1. The first-order valence-corrected chi connectivity index (χ1v) is 7.39. The van der Waals surface area contributed by atoms with Gasteiger partial charge in [0, 0.05) is 18.2 Å². The summed E-state index contributed by atoms with van der Waals surface area (Å²) in [4.78, 5) is 0. The Morgan fingerprint density at radius 1 is 1.16 bits per heavy atom. The van der Waals surface area contributed by atoms with Gasteiger partial charge < -0.3 is 10.1 Å². The van der Waals surface area contributed by atoms with E-state index >= 15 is 0 Å². The summed E-state index contributed by atoms with van der Waals surface area (Å²) >= 11 is 0. The number of hydrogen-bond donors (Lipinski definition) is 1. The molecule has 0 aliphatic heterocycles. The zero-order valence-electron chi connectivity index (χ0n) is 13.1. The lowest BCUT2D eigenvalue weighted by Crippen LogP contribution is -2.25. The topological polar surface area (TPSA) is 21.3 Å². The third-order valence-electron chi connectivity index (χ3n) is 3.50. The third-order valence-corrected chi connectivity index (χ3v) is 3.50. The third kappa shape index (κ3) is 6.11. The van der Waals surface area contributed by atoms with Crippen LogP contribution in [-0.2, 0) is 6.54 Å². The average Bonchev–Trinajstić information content (AvgIpc) is 2.36. The summed E-state index contributed by atoms with van der Waals surface area (Å²) in [5.74, 6) is 1.79. The molecule has 0 saturated carbocycles. The Bertz CT molecular complexity index is 374. The van der Waals surface area contributed by atoms with Crippen molar-refractivity contribution in [2.45, 2.75) is 59.5 Å². The fourth-order valence-corrected chi connectivity index (χ4v) is 2.26. The molecule has 0 radical (unpaired) electrons. The number of hydrogen-bond acceptors (Lipinski definition) is 2. The molecule has 0 aliphatic rings. The summed E-state index contributed by atoms with van der Waals surface area (Å²) in [6, 6.07) is 6.90. The zero-order valence-corrected chi connectivity index (χ0v) is 13.1. The van der Waals surface area contributed by atoms with Gasteiger partial charge in [-0.25, -0.2) is 0 Å². The number of nitrogens with one attached hydrogen (secondary N) is 1. The predicted molar refractivity (Wildman–Crippen MR) is 82.7 cm³/mol. The van der Waals surface area contributed by atoms with Gasteiger partial charge >= 0.3 is 0 Å². The molecule has 0 heterocycles. The van der Waals surface area contributed by atoms with Gasteiger partial charge in [0.1, 0.15) is 5.75 Å². The van der Waals surface area contributed by atoms with E-state index in [0.29, 0.717) is 6.04 Å². The number of benzene rings is 1. The summed E-state index contributed by atoms with van der Waals surface area (Å²) < 4.78 is 5.41. The normalized spacial score (nSPS) is 12.7. The molecule has 1 unspecified atom stereocenters. The van der Waals surface area contributed by atoms with Crippen molar-refractivity contribution in [3.8, 4) is 5.75 Å². The van der Waals surface area contributed by atoms with Crippen molar-refractivity contribution in [1.82, 2.24) is 5.32 Å². The highest BCUT2D eigenvalue weighted by Crippen LogP contribution is 2.19. The van der Waals surface area contributed by atoms with E-state index < -0.39 is 0 Å². The van der Waals surface area contributed by atoms with Crippen LogP contribution >= 0.6 is 0 Å². The van der Waals surface area contributed by atoms with Crippen LogP contribution in [0.15, 0.2) is 18.2 Å². The SMILES string of the molecule is COc1ccc(C)cc1CNC(C)CCCC(C)C. The zero-order chi connectivity index (χ0) is 14.3. The lowest BCUT2D eigenvalue weighted by Gasteiger charge is -2.16. The monoisotopic (exact) mass is 263 g/mol. The molecule has 19 heavy (non-hydrogen) atoms. The summed E-state index contributed by atoms with van der Waals surface area (Å²) in [7, 11) is 1.74. The van der Waals surface area contributed by atoms with Crippen LogP contribution in [0.1, 0.15) is 51.2 Å². The Labute approximate surface area is 118 Å². The van der Waals surface area contributed by atoms with Crippen molar-refractivity contribution in [2.24, 2.45) is 5.92 Å². The Hall–Kier alpha value is -1.02. The van der Waals surface area contributed by atoms with Crippen molar-refractivity contribution in [2.75, 3.05) is 7.11 Å².